The van der Waals surface area contributed by atoms with E-state index in [2.05, 4.69) is 200 Å². The van der Waals surface area contributed by atoms with Crippen molar-refractivity contribution in [1.82, 2.24) is 0 Å². The Labute approximate surface area is 277 Å². The summed E-state index contributed by atoms with van der Waals surface area (Å²) in [5.74, 6) is 0.301. The van der Waals surface area contributed by atoms with Crippen LogP contribution in [0.25, 0.3) is 43.8 Å². The molecule has 1 unspecified atom stereocenters. The van der Waals surface area contributed by atoms with Crippen molar-refractivity contribution < 1.29 is 0 Å². The van der Waals surface area contributed by atoms with Gasteiger partial charge in [0.25, 0.3) is 0 Å². The van der Waals surface area contributed by atoms with E-state index in [-0.39, 0.29) is 0 Å². The highest BCUT2D eigenvalue weighted by molar-refractivity contribution is 5.98. The fraction of sp³-hybridized carbons (Fsp3) is 0.0435. The Morgan fingerprint density at radius 2 is 0.723 bits per heavy atom. The molecule has 0 N–H and O–H groups in total. The lowest BCUT2D eigenvalue weighted by atomic mass is 9.90. The van der Waals surface area contributed by atoms with Gasteiger partial charge in [-0.3, -0.25) is 0 Å². The first kappa shape index (κ1) is 28.5. The lowest BCUT2D eigenvalue weighted by molar-refractivity contribution is 0.925. The van der Waals surface area contributed by atoms with Gasteiger partial charge >= 0.3 is 0 Å². The molecule has 0 aliphatic rings. The Balaban J connectivity index is 1.04. The van der Waals surface area contributed by atoms with Crippen LogP contribution in [0, 0.1) is 0 Å². The fourth-order valence-electron chi connectivity index (χ4n) is 6.65. The van der Waals surface area contributed by atoms with Gasteiger partial charge in [0.05, 0.1) is 0 Å². The van der Waals surface area contributed by atoms with Gasteiger partial charge in [0.2, 0.25) is 0 Å². The number of hydrogen-bond donors (Lipinski definition) is 0. The smallest absolute Gasteiger partial charge is 0.0462 e. The first-order valence-corrected chi connectivity index (χ1v) is 16.3. The van der Waals surface area contributed by atoms with E-state index in [1.165, 1.54) is 54.9 Å². The van der Waals surface area contributed by atoms with Crippen LogP contribution in [-0.4, -0.2) is 0 Å². The summed E-state index contributed by atoms with van der Waals surface area (Å²) in [4.78, 5) is 2.32. The van der Waals surface area contributed by atoms with Crippen LogP contribution >= 0.6 is 0 Å². The summed E-state index contributed by atoms with van der Waals surface area (Å²) in [5.41, 5.74) is 10.9. The topological polar surface area (TPSA) is 3.24 Å². The standard InChI is InChI=1S/C46H35N/c1-33(39-20-21-42-31-40-12-8-9-13-41(40)32-43(42)30-39)34-16-18-36(19-17-34)38-24-28-46(29-25-38)47(44-14-6-3-7-15-44)45-26-22-37(23-27-45)35-10-4-2-5-11-35/h2-33H,1H3. The number of para-hydroxylation sites is 1. The second-order valence-electron chi connectivity index (χ2n) is 12.3. The number of anilines is 3. The Morgan fingerprint density at radius 3 is 1.30 bits per heavy atom. The predicted molar refractivity (Wildman–Crippen MR) is 201 cm³/mol. The van der Waals surface area contributed by atoms with E-state index in [0.29, 0.717) is 5.92 Å². The first-order chi connectivity index (χ1) is 23.2. The lowest BCUT2D eigenvalue weighted by Crippen LogP contribution is -2.09. The molecule has 0 bridgehead atoms. The fourth-order valence-corrected chi connectivity index (χ4v) is 6.65. The van der Waals surface area contributed by atoms with E-state index in [4.69, 9.17) is 0 Å². The lowest BCUT2D eigenvalue weighted by Gasteiger charge is -2.26. The largest absolute Gasteiger partial charge is 0.311 e. The van der Waals surface area contributed by atoms with Gasteiger partial charge in [-0.25, -0.2) is 0 Å². The molecule has 8 aromatic rings. The summed E-state index contributed by atoms with van der Waals surface area (Å²) in [5, 5.41) is 5.15. The highest BCUT2D eigenvalue weighted by atomic mass is 15.1. The maximum Gasteiger partial charge on any atom is 0.0462 e. The molecule has 8 aromatic carbocycles. The van der Waals surface area contributed by atoms with Gasteiger partial charge in [0, 0.05) is 23.0 Å². The molecule has 0 heterocycles. The average Bonchev–Trinajstić information content (AvgIpc) is 3.15. The van der Waals surface area contributed by atoms with Crippen molar-refractivity contribution >= 4 is 38.6 Å². The molecule has 1 nitrogen and oxygen atoms in total. The summed E-state index contributed by atoms with van der Waals surface area (Å²) in [6.45, 7) is 2.30. The molecule has 0 saturated carbocycles. The molecule has 0 radical (unpaired) electrons. The highest BCUT2D eigenvalue weighted by Gasteiger charge is 2.14. The van der Waals surface area contributed by atoms with Crippen LogP contribution in [-0.2, 0) is 0 Å². The van der Waals surface area contributed by atoms with Gasteiger partial charge in [0.15, 0.2) is 0 Å². The monoisotopic (exact) mass is 601 g/mol. The van der Waals surface area contributed by atoms with Crippen LogP contribution < -0.4 is 4.90 Å². The Kier molecular flexibility index (Phi) is 7.57. The molecular formula is C46H35N. The van der Waals surface area contributed by atoms with Crippen molar-refractivity contribution in [2.45, 2.75) is 12.8 Å². The second-order valence-corrected chi connectivity index (χ2v) is 12.3. The van der Waals surface area contributed by atoms with Crippen molar-refractivity contribution in [3.05, 3.63) is 199 Å². The van der Waals surface area contributed by atoms with Crippen molar-refractivity contribution in [3.8, 4) is 22.3 Å². The van der Waals surface area contributed by atoms with Gasteiger partial charge in [-0.15, -0.1) is 0 Å². The van der Waals surface area contributed by atoms with Crippen molar-refractivity contribution in [3.63, 3.8) is 0 Å². The van der Waals surface area contributed by atoms with Crippen molar-refractivity contribution in [2.75, 3.05) is 4.90 Å². The van der Waals surface area contributed by atoms with Crippen molar-refractivity contribution in [2.24, 2.45) is 0 Å². The molecule has 8 rings (SSSR count). The molecule has 0 aliphatic heterocycles. The second kappa shape index (κ2) is 12.5. The van der Waals surface area contributed by atoms with Gasteiger partial charge < -0.3 is 4.90 Å². The quantitative estimate of drug-likeness (QED) is 0.164. The van der Waals surface area contributed by atoms with E-state index in [9.17, 15) is 0 Å². The molecule has 0 spiro atoms. The van der Waals surface area contributed by atoms with Crippen LogP contribution in [0.4, 0.5) is 17.1 Å². The van der Waals surface area contributed by atoms with Crippen LogP contribution in [0.15, 0.2) is 188 Å². The minimum atomic E-state index is 0.301. The third-order valence-corrected chi connectivity index (χ3v) is 9.35. The van der Waals surface area contributed by atoms with Gasteiger partial charge in [0.1, 0.15) is 0 Å². The Morgan fingerprint density at radius 1 is 0.319 bits per heavy atom. The van der Waals surface area contributed by atoms with Gasteiger partial charge in [-0.2, -0.15) is 0 Å². The van der Waals surface area contributed by atoms with E-state index < -0.39 is 0 Å². The van der Waals surface area contributed by atoms with Gasteiger partial charge in [-0.05, 0) is 103 Å². The van der Waals surface area contributed by atoms with E-state index in [0.717, 1.165) is 17.1 Å². The van der Waals surface area contributed by atoms with Crippen LogP contribution in [0.3, 0.4) is 0 Å². The molecule has 47 heavy (non-hydrogen) atoms. The molecule has 0 aromatic heterocycles. The van der Waals surface area contributed by atoms with Crippen molar-refractivity contribution in [1.29, 1.82) is 0 Å². The van der Waals surface area contributed by atoms with Crippen LogP contribution in [0.1, 0.15) is 24.0 Å². The van der Waals surface area contributed by atoms with Crippen LogP contribution in [0.5, 0.6) is 0 Å². The molecule has 1 atom stereocenters. The van der Waals surface area contributed by atoms with Crippen LogP contribution in [0.2, 0.25) is 0 Å². The maximum atomic E-state index is 2.35. The number of nitrogens with zero attached hydrogens (tertiary/aromatic N) is 1. The average molecular weight is 602 g/mol. The summed E-state index contributed by atoms with van der Waals surface area (Å²) in [6.07, 6.45) is 0. The summed E-state index contributed by atoms with van der Waals surface area (Å²) < 4.78 is 0. The van der Waals surface area contributed by atoms with E-state index in [1.54, 1.807) is 0 Å². The summed E-state index contributed by atoms with van der Waals surface area (Å²) in [6, 6.07) is 68.0. The minimum Gasteiger partial charge on any atom is -0.311 e. The van der Waals surface area contributed by atoms with E-state index in [1.807, 2.05) is 0 Å². The Bertz CT molecular complexity index is 2270. The number of fused-ring (bicyclic) bond motifs is 2. The Hall–Kier alpha value is -5.92. The molecule has 0 amide bonds. The molecule has 0 aliphatic carbocycles. The third kappa shape index (κ3) is 5.80. The third-order valence-electron chi connectivity index (χ3n) is 9.35. The van der Waals surface area contributed by atoms with Gasteiger partial charge in [-0.1, -0.05) is 146 Å². The molecule has 0 fully saturated rings. The predicted octanol–water partition coefficient (Wildman–Crippen LogP) is 12.9. The summed E-state index contributed by atoms with van der Waals surface area (Å²) >= 11 is 0. The first-order valence-electron chi connectivity index (χ1n) is 16.3. The maximum absolute atomic E-state index is 2.35. The molecule has 1 heteroatoms. The zero-order chi connectivity index (χ0) is 31.6. The molecule has 0 saturated heterocycles. The number of hydrogen-bond acceptors (Lipinski definition) is 1. The minimum absolute atomic E-state index is 0.301. The number of benzene rings is 8. The van der Waals surface area contributed by atoms with E-state index >= 15 is 0 Å². The zero-order valence-electron chi connectivity index (χ0n) is 26.4. The zero-order valence-corrected chi connectivity index (χ0v) is 26.4. The highest BCUT2D eigenvalue weighted by Crippen LogP contribution is 2.37. The SMILES string of the molecule is CC(c1ccc(-c2ccc(N(c3ccccc3)c3ccc(-c4ccccc4)cc3)cc2)cc1)c1ccc2cc3ccccc3cc2c1. The number of rotatable bonds is 7. The molecule has 224 valence electrons. The summed E-state index contributed by atoms with van der Waals surface area (Å²) in [7, 11) is 0. The molecular weight excluding hydrogens is 567 g/mol. The normalized spacial score (nSPS) is 11.9.